The molecule has 0 aromatic rings. The zero-order valence-electron chi connectivity index (χ0n) is 12.3. The summed E-state index contributed by atoms with van der Waals surface area (Å²) in [7, 11) is 0. The number of rotatable bonds is 4. The van der Waals surface area contributed by atoms with E-state index in [2.05, 4.69) is 11.9 Å². The first-order valence-corrected chi connectivity index (χ1v) is 8.68. The molecular weight excluding hydrogens is 288 g/mol. The Kier molecular flexibility index (Phi) is 5.70. The molecule has 2 heterocycles. The fraction of sp³-hybridized carbons (Fsp3) is 0.733. The van der Waals surface area contributed by atoms with Crippen LogP contribution in [0.25, 0.3) is 0 Å². The minimum Gasteiger partial charge on any atom is -0.394 e. The van der Waals surface area contributed by atoms with Crippen LogP contribution in [0.1, 0.15) is 25.7 Å². The van der Waals surface area contributed by atoms with Crippen molar-refractivity contribution in [2.24, 2.45) is 5.92 Å². The lowest BCUT2D eigenvalue weighted by Crippen LogP contribution is -2.56. The Morgan fingerprint density at radius 3 is 2.48 bits per heavy atom. The summed E-state index contributed by atoms with van der Waals surface area (Å²) < 4.78 is 0. The van der Waals surface area contributed by atoms with Gasteiger partial charge in [0.05, 0.1) is 12.1 Å². The first-order valence-electron chi connectivity index (χ1n) is 7.52. The van der Waals surface area contributed by atoms with E-state index in [1.807, 2.05) is 11.8 Å². The summed E-state index contributed by atoms with van der Waals surface area (Å²) in [5.74, 6) is 1.86. The van der Waals surface area contributed by atoms with Gasteiger partial charge < -0.3 is 15.3 Å². The molecule has 2 N–H and O–H groups in total. The maximum atomic E-state index is 12.4. The zero-order valence-corrected chi connectivity index (χ0v) is 13.2. The Labute approximate surface area is 130 Å². The zero-order chi connectivity index (χ0) is 15.3. The molecule has 0 spiro atoms. The lowest BCUT2D eigenvalue weighted by Gasteiger charge is -2.38. The van der Waals surface area contributed by atoms with Crippen LogP contribution in [0.4, 0.5) is 0 Å². The van der Waals surface area contributed by atoms with Crippen LogP contribution in [0.5, 0.6) is 0 Å². The number of likely N-dealkylation sites (tertiary alicyclic amines) is 1. The Balaban J connectivity index is 1.86. The summed E-state index contributed by atoms with van der Waals surface area (Å²) in [6, 6.07) is 0. The van der Waals surface area contributed by atoms with E-state index in [-0.39, 0.29) is 24.3 Å². The SMILES string of the molecule is C=CC(=O)N1CCC(C(=O)NC2(CO)CCSCC2)CC1. The molecule has 0 unspecified atom stereocenters. The predicted octanol–water partition coefficient (Wildman–Crippen LogP) is 0.785. The number of hydrogen-bond donors (Lipinski definition) is 2. The number of aliphatic hydroxyl groups is 1. The Morgan fingerprint density at radius 1 is 1.33 bits per heavy atom. The van der Waals surface area contributed by atoms with Gasteiger partial charge in [-0.3, -0.25) is 9.59 Å². The van der Waals surface area contributed by atoms with Gasteiger partial charge in [-0.25, -0.2) is 0 Å². The van der Waals surface area contributed by atoms with E-state index in [0.717, 1.165) is 24.3 Å². The Morgan fingerprint density at radius 2 is 1.95 bits per heavy atom. The van der Waals surface area contributed by atoms with E-state index in [1.165, 1.54) is 6.08 Å². The highest BCUT2D eigenvalue weighted by Crippen LogP contribution is 2.28. The summed E-state index contributed by atoms with van der Waals surface area (Å²) in [6.45, 7) is 4.70. The van der Waals surface area contributed by atoms with Gasteiger partial charge in [0.1, 0.15) is 0 Å². The maximum absolute atomic E-state index is 12.4. The normalized spacial score (nSPS) is 22.6. The first-order chi connectivity index (χ1) is 10.1. The summed E-state index contributed by atoms with van der Waals surface area (Å²) >= 11 is 1.87. The lowest BCUT2D eigenvalue weighted by atomic mass is 9.90. The first kappa shape index (κ1) is 16.4. The van der Waals surface area contributed by atoms with Gasteiger partial charge in [0.2, 0.25) is 11.8 Å². The molecule has 0 atom stereocenters. The number of nitrogens with zero attached hydrogens (tertiary/aromatic N) is 1. The minimum atomic E-state index is -0.434. The van der Waals surface area contributed by atoms with Crippen molar-refractivity contribution in [1.29, 1.82) is 0 Å². The van der Waals surface area contributed by atoms with Gasteiger partial charge in [0, 0.05) is 19.0 Å². The number of nitrogens with one attached hydrogen (secondary N) is 1. The molecule has 118 valence electrons. The third kappa shape index (κ3) is 4.01. The van der Waals surface area contributed by atoms with E-state index in [0.29, 0.717) is 25.9 Å². The van der Waals surface area contributed by atoms with Crippen molar-refractivity contribution in [2.75, 3.05) is 31.2 Å². The van der Waals surface area contributed by atoms with Gasteiger partial charge in [-0.1, -0.05) is 6.58 Å². The average molecular weight is 312 g/mol. The van der Waals surface area contributed by atoms with Crippen molar-refractivity contribution in [3.05, 3.63) is 12.7 Å². The summed E-state index contributed by atoms with van der Waals surface area (Å²) in [6.07, 6.45) is 4.34. The molecule has 0 saturated carbocycles. The highest BCUT2D eigenvalue weighted by Gasteiger charge is 2.36. The fourth-order valence-corrected chi connectivity index (χ4v) is 4.21. The van der Waals surface area contributed by atoms with E-state index in [9.17, 15) is 14.7 Å². The Bertz CT molecular complexity index is 400. The molecule has 0 aromatic heterocycles. The van der Waals surface area contributed by atoms with Gasteiger partial charge in [-0.05, 0) is 43.3 Å². The van der Waals surface area contributed by atoms with Crippen molar-refractivity contribution in [3.63, 3.8) is 0 Å². The van der Waals surface area contributed by atoms with Gasteiger partial charge in [-0.2, -0.15) is 11.8 Å². The van der Waals surface area contributed by atoms with Crippen LogP contribution < -0.4 is 5.32 Å². The number of thioether (sulfide) groups is 1. The van der Waals surface area contributed by atoms with Crippen molar-refractivity contribution in [2.45, 2.75) is 31.2 Å². The third-order valence-electron chi connectivity index (χ3n) is 4.49. The molecule has 2 fully saturated rings. The van der Waals surface area contributed by atoms with Gasteiger partial charge >= 0.3 is 0 Å². The maximum Gasteiger partial charge on any atom is 0.245 e. The monoisotopic (exact) mass is 312 g/mol. The number of piperidine rings is 1. The molecule has 2 amide bonds. The van der Waals surface area contributed by atoms with Crippen LogP contribution in [-0.2, 0) is 9.59 Å². The second-order valence-corrected chi connectivity index (χ2v) is 7.07. The van der Waals surface area contributed by atoms with Crippen LogP contribution >= 0.6 is 11.8 Å². The van der Waals surface area contributed by atoms with Gasteiger partial charge in [0.25, 0.3) is 0 Å². The number of carbonyl (C=O) groups is 2. The summed E-state index contributed by atoms with van der Waals surface area (Å²) in [5, 5.41) is 12.7. The minimum absolute atomic E-state index is 0.00704. The van der Waals surface area contributed by atoms with E-state index < -0.39 is 5.54 Å². The molecule has 0 aliphatic carbocycles. The second-order valence-electron chi connectivity index (χ2n) is 5.84. The van der Waals surface area contributed by atoms with Crippen LogP contribution in [-0.4, -0.2) is 58.6 Å². The standard InChI is InChI=1S/C15H24N2O3S/c1-2-13(19)17-7-3-12(4-8-17)14(20)16-15(11-18)5-9-21-10-6-15/h2,12,18H,1,3-11H2,(H,16,20). The van der Waals surface area contributed by atoms with Crippen molar-refractivity contribution >= 4 is 23.6 Å². The topological polar surface area (TPSA) is 69.6 Å². The number of aliphatic hydroxyl groups excluding tert-OH is 1. The molecule has 6 heteroatoms. The molecule has 0 bridgehead atoms. The molecular formula is C15H24N2O3S. The molecule has 5 nitrogen and oxygen atoms in total. The molecule has 0 radical (unpaired) electrons. The van der Waals surface area contributed by atoms with Crippen LogP contribution in [0, 0.1) is 5.92 Å². The summed E-state index contributed by atoms with van der Waals surface area (Å²) in [5.41, 5.74) is -0.434. The average Bonchev–Trinajstić information content (AvgIpc) is 2.55. The van der Waals surface area contributed by atoms with Crippen molar-refractivity contribution in [1.82, 2.24) is 10.2 Å². The van der Waals surface area contributed by atoms with Crippen molar-refractivity contribution < 1.29 is 14.7 Å². The summed E-state index contributed by atoms with van der Waals surface area (Å²) in [4.78, 5) is 25.7. The highest BCUT2D eigenvalue weighted by atomic mass is 32.2. The van der Waals surface area contributed by atoms with E-state index >= 15 is 0 Å². The molecule has 21 heavy (non-hydrogen) atoms. The fourth-order valence-electron chi connectivity index (χ4n) is 2.94. The molecule has 0 aromatic carbocycles. The van der Waals surface area contributed by atoms with Gasteiger partial charge in [-0.15, -0.1) is 0 Å². The van der Waals surface area contributed by atoms with E-state index in [4.69, 9.17) is 0 Å². The van der Waals surface area contributed by atoms with Crippen molar-refractivity contribution in [3.8, 4) is 0 Å². The van der Waals surface area contributed by atoms with Gasteiger partial charge in [0.15, 0.2) is 0 Å². The highest BCUT2D eigenvalue weighted by molar-refractivity contribution is 7.99. The molecule has 2 aliphatic heterocycles. The van der Waals surface area contributed by atoms with Crippen LogP contribution in [0.15, 0.2) is 12.7 Å². The number of carbonyl (C=O) groups excluding carboxylic acids is 2. The number of hydrogen-bond acceptors (Lipinski definition) is 4. The van der Waals surface area contributed by atoms with Crippen LogP contribution in [0.3, 0.4) is 0 Å². The lowest BCUT2D eigenvalue weighted by molar-refractivity contribution is -0.133. The quantitative estimate of drug-likeness (QED) is 0.753. The van der Waals surface area contributed by atoms with E-state index in [1.54, 1.807) is 4.90 Å². The van der Waals surface area contributed by atoms with Crippen LogP contribution in [0.2, 0.25) is 0 Å². The molecule has 2 saturated heterocycles. The molecule has 2 rings (SSSR count). The third-order valence-corrected chi connectivity index (χ3v) is 5.48. The Hall–Kier alpha value is -1.01. The predicted molar refractivity (Wildman–Crippen MR) is 84.0 cm³/mol. The molecule has 2 aliphatic rings. The smallest absolute Gasteiger partial charge is 0.245 e. The number of amides is 2. The second kappa shape index (κ2) is 7.31. The largest absolute Gasteiger partial charge is 0.394 e.